The number of hydrogen-bond acceptors (Lipinski definition) is 5. The smallest absolute Gasteiger partial charge is 0.264 e. The van der Waals surface area contributed by atoms with Crippen LogP contribution < -0.4 is 10.2 Å². The van der Waals surface area contributed by atoms with Crippen LogP contribution in [0.1, 0.15) is 12.5 Å². The van der Waals surface area contributed by atoms with Crippen molar-refractivity contribution in [3.8, 4) is 5.75 Å². The molecule has 1 aromatic rings. The zero-order valence-electron chi connectivity index (χ0n) is 10.8. The molecule has 1 atom stereocenters. The molecule has 0 fully saturated rings. The Morgan fingerprint density at radius 3 is 3.10 bits per heavy atom. The maximum absolute atomic E-state index is 11.3. The van der Waals surface area contributed by atoms with E-state index in [9.17, 15) is 4.79 Å². The third kappa shape index (κ3) is 3.42. The van der Waals surface area contributed by atoms with E-state index in [1.165, 1.54) is 6.21 Å². The van der Waals surface area contributed by atoms with Crippen LogP contribution in [-0.4, -0.2) is 36.0 Å². The molecule has 1 N–H and O–H groups in total. The van der Waals surface area contributed by atoms with E-state index in [2.05, 4.69) is 20.7 Å². The summed E-state index contributed by atoms with van der Waals surface area (Å²) in [5.74, 6) is 0.300. The molecular formula is C13H13ClN4O2. The fourth-order valence-corrected chi connectivity index (χ4v) is 1.68. The van der Waals surface area contributed by atoms with Gasteiger partial charge in [-0.25, -0.2) is 5.43 Å². The summed E-state index contributed by atoms with van der Waals surface area (Å²) in [4.78, 5) is 11.3. The second kappa shape index (κ2) is 6.81. The molecule has 20 heavy (non-hydrogen) atoms. The number of ether oxygens (including phenoxy) is 1. The molecule has 1 aliphatic rings. The van der Waals surface area contributed by atoms with Gasteiger partial charge in [-0.05, 0) is 19.1 Å². The highest BCUT2D eigenvalue weighted by atomic mass is 35.5. The second-order valence-corrected chi connectivity index (χ2v) is 4.27. The number of benzene rings is 1. The Morgan fingerprint density at radius 2 is 2.30 bits per heavy atom. The van der Waals surface area contributed by atoms with E-state index in [4.69, 9.17) is 16.3 Å². The van der Waals surface area contributed by atoms with Crippen molar-refractivity contribution in [2.24, 2.45) is 15.3 Å². The number of para-hydroxylation sites is 1. The SMILES string of the molecule is CCOc1ccccc1/C=N\N=C1\C=NNC(=O)C1Cl. The van der Waals surface area contributed by atoms with Gasteiger partial charge in [0.1, 0.15) is 11.5 Å². The molecule has 104 valence electrons. The van der Waals surface area contributed by atoms with Gasteiger partial charge in [0.05, 0.1) is 19.0 Å². The van der Waals surface area contributed by atoms with E-state index in [0.29, 0.717) is 12.3 Å². The molecule has 0 saturated carbocycles. The second-order valence-electron chi connectivity index (χ2n) is 3.84. The lowest BCUT2D eigenvalue weighted by molar-refractivity contribution is -0.119. The number of nitrogens with zero attached hydrogens (tertiary/aromatic N) is 3. The van der Waals surface area contributed by atoms with Gasteiger partial charge in [-0.3, -0.25) is 4.79 Å². The average Bonchev–Trinajstić information content (AvgIpc) is 2.45. The molecule has 1 aromatic carbocycles. The number of halogens is 1. The Labute approximate surface area is 121 Å². The molecule has 0 aliphatic carbocycles. The van der Waals surface area contributed by atoms with Crippen LogP contribution in [-0.2, 0) is 4.79 Å². The van der Waals surface area contributed by atoms with Crippen molar-refractivity contribution in [2.45, 2.75) is 12.3 Å². The van der Waals surface area contributed by atoms with Crippen LogP contribution in [0.5, 0.6) is 5.75 Å². The molecule has 6 nitrogen and oxygen atoms in total. The molecule has 2 rings (SSSR count). The molecule has 0 radical (unpaired) electrons. The standard InChI is InChI=1S/C13H13ClN4O2/c1-2-20-11-6-4-3-5-9(11)7-15-17-10-8-16-18-13(19)12(10)14/h3-8,12H,2H2,1H3,(H,18,19)/b15-7-,17-10-. The van der Waals surface area contributed by atoms with Gasteiger partial charge in [-0.1, -0.05) is 12.1 Å². The van der Waals surface area contributed by atoms with Crippen molar-refractivity contribution in [3.05, 3.63) is 29.8 Å². The van der Waals surface area contributed by atoms with E-state index < -0.39 is 11.3 Å². The lowest BCUT2D eigenvalue weighted by Gasteiger charge is -2.10. The number of rotatable bonds is 4. The first-order valence-corrected chi connectivity index (χ1v) is 6.45. The van der Waals surface area contributed by atoms with Crippen LogP contribution in [0, 0.1) is 0 Å². The quantitative estimate of drug-likeness (QED) is 0.520. The largest absolute Gasteiger partial charge is 0.493 e. The Kier molecular flexibility index (Phi) is 4.84. The molecule has 1 heterocycles. The van der Waals surface area contributed by atoms with E-state index >= 15 is 0 Å². The molecule has 0 saturated heterocycles. The molecular weight excluding hydrogens is 280 g/mol. The summed E-state index contributed by atoms with van der Waals surface area (Å²) in [5.41, 5.74) is 3.33. The van der Waals surface area contributed by atoms with Crippen LogP contribution >= 0.6 is 11.6 Å². The van der Waals surface area contributed by atoms with Crippen LogP contribution in [0.2, 0.25) is 0 Å². The first-order valence-electron chi connectivity index (χ1n) is 6.02. The fraction of sp³-hybridized carbons (Fsp3) is 0.231. The topological polar surface area (TPSA) is 75.4 Å². The number of carbonyl (C=O) groups is 1. The Hall–Kier alpha value is -2.21. The van der Waals surface area contributed by atoms with Gasteiger partial charge in [-0.2, -0.15) is 15.3 Å². The van der Waals surface area contributed by atoms with Crippen LogP contribution in [0.25, 0.3) is 0 Å². The first-order chi connectivity index (χ1) is 9.72. The minimum atomic E-state index is -0.883. The van der Waals surface area contributed by atoms with Gasteiger partial charge in [-0.15, -0.1) is 11.6 Å². The summed E-state index contributed by atoms with van der Waals surface area (Å²) in [6.07, 6.45) is 2.91. The van der Waals surface area contributed by atoms with Crippen molar-refractivity contribution in [3.63, 3.8) is 0 Å². The van der Waals surface area contributed by atoms with Crippen LogP contribution in [0.4, 0.5) is 0 Å². The molecule has 1 amide bonds. The first kappa shape index (κ1) is 14.2. The lowest BCUT2D eigenvalue weighted by Crippen LogP contribution is -2.38. The summed E-state index contributed by atoms with van der Waals surface area (Å²) in [6.45, 7) is 2.47. The maximum atomic E-state index is 11.3. The van der Waals surface area contributed by atoms with Gasteiger partial charge in [0, 0.05) is 5.56 Å². The highest BCUT2D eigenvalue weighted by Crippen LogP contribution is 2.15. The number of hydrazone groups is 1. The zero-order valence-corrected chi connectivity index (χ0v) is 11.5. The Morgan fingerprint density at radius 1 is 1.50 bits per heavy atom. The maximum Gasteiger partial charge on any atom is 0.264 e. The van der Waals surface area contributed by atoms with Crippen LogP contribution in [0.3, 0.4) is 0 Å². The van der Waals surface area contributed by atoms with Gasteiger partial charge in [0.2, 0.25) is 0 Å². The minimum absolute atomic E-state index is 0.292. The fourth-order valence-electron chi connectivity index (χ4n) is 1.53. The number of carbonyl (C=O) groups excluding carboxylic acids is 1. The number of nitrogens with one attached hydrogen (secondary N) is 1. The molecule has 1 aliphatic heterocycles. The molecule has 0 aromatic heterocycles. The minimum Gasteiger partial charge on any atom is -0.493 e. The van der Waals surface area contributed by atoms with Crippen molar-refractivity contribution in [1.82, 2.24) is 5.43 Å². The third-order valence-electron chi connectivity index (χ3n) is 2.45. The van der Waals surface area contributed by atoms with Gasteiger partial charge < -0.3 is 4.74 Å². The van der Waals surface area contributed by atoms with Crippen molar-refractivity contribution < 1.29 is 9.53 Å². The summed E-state index contributed by atoms with van der Waals surface area (Å²) in [6, 6.07) is 7.45. The van der Waals surface area contributed by atoms with E-state index in [1.807, 2.05) is 31.2 Å². The van der Waals surface area contributed by atoms with Gasteiger partial charge in [0.15, 0.2) is 5.38 Å². The zero-order chi connectivity index (χ0) is 14.4. The predicted octanol–water partition coefficient (Wildman–Crippen LogP) is 1.58. The number of hydrogen-bond donors (Lipinski definition) is 1. The van der Waals surface area contributed by atoms with E-state index in [0.717, 1.165) is 11.3 Å². The average molecular weight is 293 g/mol. The van der Waals surface area contributed by atoms with Crippen molar-refractivity contribution in [2.75, 3.05) is 6.61 Å². The van der Waals surface area contributed by atoms with Gasteiger partial charge >= 0.3 is 0 Å². The highest BCUT2D eigenvalue weighted by molar-refractivity contribution is 6.54. The van der Waals surface area contributed by atoms with Crippen molar-refractivity contribution in [1.29, 1.82) is 0 Å². The Balaban J connectivity index is 2.16. The molecule has 1 unspecified atom stereocenters. The van der Waals surface area contributed by atoms with Gasteiger partial charge in [0.25, 0.3) is 5.91 Å². The molecule has 7 heteroatoms. The summed E-state index contributed by atoms with van der Waals surface area (Å²) >= 11 is 5.86. The third-order valence-corrected chi connectivity index (χ3v) is 2.87. The molecule has 0 spiro atoms. The van der Waals surface area contributed by atoms with E-state index in [1.54, 1.807) is 6.21 Å². The van der Waals surface area contributed by atoms with Crippen LogP contribution in [0.15, 0.2) is 39.6 Å². The normalized spacial score (nSPS) is 20.4. The summed E-state index contributed by atoms with van der Waals surface area (Å²) in [5, 5.41) is 10.6. The Bertz CT molecular complexity index is 583. The predicted molar refractivity (Wildman–Crippen MR) is 78.9 cm³/mol. The number of alkyl halides is 1. The number of amides is 1. The molecule has 0 bridgehead atoms. The monoisotopic (exact) mass is 292 g/mol. The van der Waals surface area contributed by atoms with Crippen molar-refractivity contribution >= 4 is 35.6 Å². The highest BCUT2D eigenvalue weighted by Gasteiger charge is 2.23. The summed E-state index contributed by atoms with van der Waals surface area (Å²) < 4.78 is 5.46. The lowest BCUT2D eigenvalue weighted by atomic mass is 10.2. The summed E-state index contributed by atoms with van der Waals surface area (Å²) in [7, 11) is 0. The van der Waals surface area contributed by atoms with E-state index in [-0.39, 0.29) is 0 Å².